The molecule has 12 nitrogen and oxygen atoms in total. The summed E-state index contributed by atoms with van der Waals surface area (Å²) in [6, 6.07) is 6.12. The number of hydrogen-bond acceptors (Lipinski definition) is 8. The summed E-state index contributed by atoms with van der Waals surface area (Å²) in [5.41, 5.74) is 1.34. The number of benzene rings is 1. The molecule has 1 N–H and O–H groups in total. The second-order valence-corrected chi connectivity index (χ2v) is 12.5. The van der Waals surface area contributed by atoms with Gasteiger partial charge < -0.3 is 24.4 Å². The quantitative estimate of drug-likeness (QED) is 0.545. The van der Waals surface area contributed by atoms with Gasteiger partial charge in [0.1, 0.15) is 17.9 Å². The van der Waals surface area contributed by atoms with E-state index in [0.29, 0.717) is 60.7 Å². The zero-order chi connectivity index (χ0) is 29.4. The number of fused-ring (bicyclic) bond motifs is 3. The standard InChI is InChI=1S/C31H34N6O6/c1-2-35-29-24(23(16-6-7-16)25(30(35)39)33-28(38)20-4-3-5-22-27(20)43-15-42-22)26(34-37(29)18-8-10-41-11-9-18)31(40)36-19(14-32)12-17-13-21(17)36/h3-5,16-19,21,23,25H,2,6-13,15H2,1H3,(H,33,38)/t17-,19-,21+,23-,25-/m0/s1. The molecule has 43 heavy (non-hydrogen) atoms. The van der Waals surface area contributed by atoms with E-state index in [2.05, 4.69) is 11.4 Å². The first kappa shape index (κ1) is 26.5. The van der Waals surface area contributed by atoms with Gasteiger partial charge in [0.05, 0.1) is 17.7 Å². The van der Waals surface area contributed by atoms with Crippen LogP contribution in [0.15, 0.2) is 18.2 Å². The number of nitriles is 1. The minimum absolute atomic E-state index is 0.0264. The normalized spacial score (nSPS) is 29.2. The van der Waals surface area contributed by atoms with Crippen molar-refractivity contribution in [1.82, 2.24) is 20.0 Å². The third-order valence-corrected chi connectivity index (χ3v) is 10.0. The van der Waals surface area contributed by atoms with Crippen LogP contribution in [0.25, 0.3) is 0 Å². The Kier molecular flexibility index (Phi) is 6.15. The molecule has 5 heterocycles. The number of likely N-dealkylation sites (N-methyl/N-ethyl adjacent to an activating group) is 1. The predicted octanol–water partition coefficient (Wildman–Crippen LogP) is 2.75. The molecular weight excluding hydrogens is 552 g/mol. The highest BCUT2D eigenvalue weighted by Crippen LogP contribution is 2.54. The third-order valence-electron chi connectivity index (χ3n) is 10.0. The van der Waals surface area contributed by atoms with Crippen molar-refractivity contribution in [2.75, 3.05) is 31.5 Å². The van der Waals surface area contributed by atoms with Crippen LogP contribution in [0.5, 0.6) is 11.5 Å². The van der Waals surface area contributed by atoms with Crippen LogP contribution in [0.1, 0.15) is 83.8 Å². The van der Waals surface area contributed by atoms with Crippen molar-refractivity contribution in [3.05, 3.63) is 35.0 Å². The summed E-state index contributed by atoms with van der Waals surface area (Å²) in [7, 11) is 0. The maximum atomic E-state index is 14.4. The Bertz CT molecular complexity index is 1550. The second-order valence-electron chi connectivity index (χ2n) is 12.5. The van der Waals surface area contributed by atoms with E-state index in [4.69, 9.17) is 19.3 Å². The van der Waals surface area contributed by atoms with Crippen LogP contribution >= 0.6 is 0 Å². The molecular formula is C31H34N6O6. The Labute approximate surface area is 248 Å². The minimum Gasteiger partial charge on any atom is -0.454 e. The number of rotatable bonds is 6. The number of ether oxygens (including phenoxy) is 3. The van der Waals surface area contributed by atoms with Crippen LogP contribution < -0.4 is 19.7 Å². The molecule has 2 saturated carbocycles. The smallest absolute Gasteiger partial charge is 0.276 e. The SMILES string of the molecule is CCN1C(=O)[C@@H](NC(=O)c2cccc3c2OCO3)[C@@H](C2CC2)c2c(C(=O)N3[C@H](C#N)C[C@H]4C[C@H]43)nn(C3CCOCC3)c21. The molecule has 1 aromatic heterocycles. The first-order chi connectivity index (χ1) is 21.0. The maximum absolute atomic E-state index is 14.4. The van der Waals surface area contributed by atoms with E-state index >= 15 is 0 Å². The number of aromatic nitrogens is 2. The van der Waals surface area contributed by atoms with Gasteiger partial charge in [-0.15, -0.1) is 0 Å². The van der Waals surface area contributed by atoms with Crippen LogP contribution in [-0.4, -0.2) is 77.1 Å². The van der Waals surface area contributed by atoms with E-state index in [1.54, 1.807) is 28.0 Å². The Hall–Kier alpha value is -4.11. The fourth-order valence-corrected chi connectivity index (χ4v) is 7.68. The predicted molar refractivity (Wildman–Crippen MR) is 151 cm³/mol. The zero-order valence-corrected chi connectivity index (χ0v) is 24.0. The number of piperidine rings is 1. The molecule has 4 fully saturated rings. The summed E-state index contributed by atoms with van der Waals surface area (Å²) in [6.45, 7) is 3.43. The van der Waals surface area contributed by atoms with Crippen LogP contribution in [0.3, 0.4) is 0 Å². The molecule has 0 radical (unpaired) electrons. The molecule has 224 valence electrons. The summed E-state index contributed by atoms with van der Waals surface area (Å²) >= 11 is 0. The van der Waals surface area contributed by atoms with E-state index in [1.165, 1.54) is 0 Å². The van der Waals surface area contributed by atoms with Crippen molar-refractivity contribution >= 4 is 23.5 Å². The molecule has 2 aliphatic carbocycles. The fourth-order valence-electron chi connectivity index (χ4n) is 7.68. The summed E-state index contributed by atoms with van der Waals surface area (Å²) in [6.07, 6.45) is 4.81. The molecule has 6 aliphatic rings. The molecule has 8 rings (SSSR count). The molecule has 3 amide bonds. The number of hydrogen-bond donors (Lipinski definition) is 1. The first-order valence-electron chi connectivity index (χ1n) is 15.4. The Morgan fingerprint density at radius 3 is 2.67 bits per heavy atom. The molecule has 0 spiro atoms. The number of anilines is 1. The second kappa shape index (κ2) is 9.98. The Morgan fingerprint density at radius 1 is 1.12 bits per heavy atom. The van der Waals surface area contributed by atoms with Gasteiger partial charge in [0.15, 0.2) is 17.2 Å². The van der Waals surface area contributed by atoms with E-state index < -0.39 is 23.9 Å². The molecule has 4 aliphatic heterocycles. The molecule has 0 bridgehead atoms. The van der Waals surface area contributed by atoms with Gasteiger partial charge in [0, 0.05) is 37.3 Å². The topological polar surface area (TPSA) is 139 Å². The van der Waals surface area contributed by atoms with Gasteiger partial charge >= 0.3 is 0 Å². The molecule has 2 saturated heterocycles. The van der Waals surface area contributed by atoms with Crippen molar-refractivity contribution in [2.24, 2.45) is 11.8 Å². The fraction of sp³-hybridized carbons (Fsp3) is 0.581. The van der Waals surface area contributed by atoms with Crippen molar-refractivity contribution in [1.29, 1.82) is 5.26 Å². The highest BCUT2D eigenvalue weighted by atomic mass is 16.7. The number of carbonyl (C=O) groups is 3. The largest absolute Gasteiger partial charge is 0.454 e. The Morgan fingerprint density at radius 2 is 1.93 bits per heavy atom. The molecule has 5 atom stereocenters. The lowest BCUT2D eigenvalue weighted by Crippen LogP contribution is -2.56. The number of amides is 3. The van der Waals surface area contributed by atoms with Crippen LogP contribution in [-0.2, 0) is 9.53 Å². The molecule has 0 unspecified atom stereocenters. The van der Waals surface area contributed by atoms with E-state index in [1.807, 2.05) is 11.6 Å². The highest BCUT2D eigenvalue weighted by Gasteiger charge is 2.57. The number of carbonyl (C=O) groups excluding carboxylic acids is 3. The van der Waals surface area contributed by atoms with Crippen molar-refractivity contribution in [3.63, 3.8) is 0 Å². The lowest BCUT2D eigenvalue weighted by molar-refractivity contribution is -0.121. The molecule has 2 aromatic rings. The lowest BCUT2D eigenvalue weighted by Gasteiger charge is -2.39. The number of nitrogens with one attached hydrogen (secondary N) is 1. The number of likely N-dealkylation sites (tertiary alicyclic amines) is 1. The zero-order valence-electron chi connectivity index (χ0n) is 24.0. The van der Waals surface area contributed by atoms with Crippen molar-refractivity contribution in [3.8, 4) is 17.6 Å². The van der Waals surface area contributed by atoms with Gasteiger partial charge in [-0.2, -0.15) is 10.4 Å². The van der Waals surface area contributed by atoms with E-state index in [-0.39, 0.29) is 36.6 Å². The number of nitrogens with zero attached hydrogens (tertiary/aromatic N) is 5. The van der Waals surface area contributed by atoms with Gasteiger partial charge in [-0.25, -0.2) is 4.68 Å². The highest BCUT2D eigenvalue weighted by molar-refractivity contribution is 6.07. The van der Waals surface area contributed by atoms with Gasteiger partial charge in [-0.1, -0.05) is 6.07 Å². The van der Waals surface area contributed by atoms with Gasteiger partial charge in [0.25, 0.3) is 17.7 Å². The third kappa shape index (κ3) is 4.12. The summed E-state index contributed by atoms with van der Waals surface area (Å²) < 4.78 is 18.6. The van der Waals surface area contributed by atoms with Gasteiger partial charge in [-0.05, 0) is 69.4 Å². The summed E-state index contributed by atoms with van der Waals surface area (Å²) in [5.74, 6) is 0.670. The first-order valence-corrected chi connectivity index (χ1v) is 15.4. The maximum Gasteiger partial charge on any atom is 0.276 e. The van der Waals surface area contributed by atoms with Crippen molar-refractivity contribution in [2.45, 2.75) is 75.5 Å². The Balaban J connectivity index is 1.24. The van der Waals surface area contributed by atoms with Crippen LogP contribution in [0, 0.1) is 23.2 Å². The van der Waals surface area contributed by atoms with E-state index in [9.17, 15) is 19.6 Å². The van der Waals surface area contributed by atoms with Crippen molar-refractivity contribution < 1.29 is 28.6 Å². The van der Waals surface area contributed by atoms with Crippen LogP contribution in [0.4, 0.5) is 5.82 Å². The minimum atomic E-state index is -0.886. The molecule has 12 heteroatoms. The molecule has 1 aromatic carbocycles. The average Bonchev–Trinajstić information content (AvgIpc) is 3.88. The van der Waals surface area contributed by atoms with Crippen LogP contribution in [0.2, 0.25) is 0 Å². The summed E-state index contributed by atoms with van der Waals surface area (Å²) in [4.78, 5) is 45.9. The monoisotopic (exact) mass is 586 g/mol. The summed E-state index contributed by atoms with van der Waals surface area (Å²) in [5, 5.41) is 18.0. The average molecular weight is 587 g/mol. The van der Waals surface area contributed by atoms with Gasteiger partial charge in [-0.3, -0.25) is 19.3 Å². The number of para-hydroxylation sites is 1. The lowest BCUT2D eigenvalue weighted by atomic mass is 9.82. The van der Waals surface area contributed by atoms with Gasteiger partial charge in [0.2, 0.25) is 6.79 Å². The van der Waals surface area contributed by atoms with E-state index in [0.717, 1.165) is 37.7 Å².